The van der Waals surface area contributed by atoms with E-state index in [0.717, 1.165) is 32.1 Å². The van der Waals surface area contributed by atoms with Gasteiger partial charge in [0, 0.05) is 10.8 Å². The van der Waals surface area contributed by atoms with E-state index in [0.29, 0.717) is 12.8 Å². The van der Waals surface area contributed by atoms with Gasteiger partial charge in [-0.3, -0.25) is 4.79 Å². The SMILES string of the molecule is C[C@@H]1C[C@H]2[C@@H]3CCC4=CCCC[C@]4(C)[C@@]3(Cl)[C@@H](O)C[C@]2(C)[C@@]1(O)C(=O)CO. The van der Waals surface area contributed by atoms with Gasteiger partial charge < -0.3 is 15.3 Å². The molecule has 3 saturated carbocycles. The van der Waals surface area contributed by atoms with E-state index < -0.39 is 34.4 Å². The number of aliphatic hydroxyl groups is 3. The smallest absolute Gasteiger partial charge is 0.190 e. The van der Waals surface area contributed by atoms with E-state index in [-0.39, 0.29) is 23.2 Å². The first-order chi connectivity index (χ1) is 12.6. The number of Topliss-reactive ketones (excluding diaryl/α,β-unsaturated/α-hetero) is 1. The summed E-state index contributed by atoms with van der Waals surface area (Å²) >= 11 is 7.42. The van der Waals surface area contributed by atoms with E-state index >= 15 is 0 Å². The van der Waals surface area contributed by atoms with Crippen LogP contribution < -0.4 is 0 Å². The number of carbonyl (C=O) groups excluding carboxylic acids is 1. The minimum Gasteiger partial charge on any atom is -0.391 e. The number of hydrogen-bond acceptors (Lipinski definition) is 4. The van der Waals surface area contributed by atoms with Gasteiger partial charge in [-0.15, -0.1) is 11.6 Å². The summed E-state index contributed by atoms with van der Waals surface area (Å²) in [5, 5.41) is 32.4. The lowest BCUT2D eigenvalue weighted by Crippen LogP contribution is -2.69. The van der Waals surface area contributed by atoms with E-state index in [1.54, 1.807) is 0 Å². The molecule has 0 spiro atoms. The van der Waals surface area contributed by atoms with Gasteiger partial charge in [-0.25, -0.2) is 0 Å². The summed E-state index contributed by atoms with van der Waals surface area (Å²) in [6.45, 7) is 5.38. The molecule has 3 fully saturated rings. The first-order valence-electron chi connectivity index (χ1n) is 10.5. The third-order valence-corrected chi connectivity index (χ3v) is 10.2. The Morgan fingerprint density at radius 1 is 1.33 bits per heavy atom. The van der Waals surface area contributed by atoms with Crippen molar-refractivity contribution in [3.05, 3.63) is 11.6 Å². The fourth-order valence-corrected chi connectivity index (χ4v) is 8.36. The third kappa shape index (κ3) is 2.14. The van der Waals surface area contributed by atoms with Crippen LogP contribution in [-0.4, -0.2) is 44.3 Å². The van der Waals surface area contributed by atoms with Crippen LogP contribution in [0.3, 0.4) is 0 Å². The molecule has 0 aromatic rings. The Labute approximate surface area is 167 Å². The van der Waals surface area contributed by atoms with Crippen molar-refractivity contribution >= 4 is 17.4 Å². The number of ketones is 1. The molecule has 3 N–H and O–H groups in total. The Balaban J connectivity index is 1.82. The number of aliphatic hydroxyl groups excluding tert-OH is 2. The molecule has 0 unspecified atom stereocenters. The van der Waals surface area contributed by atoms with Gasteiger partial charge >= 0.3 is 0 Å². The molecule has 0 heterocycles. The van der Waals surface area contributed by atoms with Gasteiger partial charge in [-0.05, 0) is 62.7 Å². The summed E-state index contributed by atoms with van der Waals surface area (Å²) in [4.78, 5) is 11.9. The number of halogens is 1. The van der Waals surface area contributed by atoms with Gasteiger partial charge in [-0.1, -0.05) is 32.4 Å². The molecule has 4 rings (SSSR count). The molecule has 0 saturated heterocycles. The average Bonchev–Trinajstić information content (AvgIpc) is 2.83. The highest BCUT2D eigenvalue weighted by Crippen LogP contribution is 2.71. The highest BCUT2D eigenvalue weighted by molar-refractivity contribution is 6.25. The standard InChI is InChI=1S/C22H33ClO4/c1-13-10-16-15-8-7-14-6-4-5-9-19(14,2)21(15,23)17(25)11-20(16,3)22(13,27)18(26)12-24/h6,13,15-17,24-25,27H,4-5,7-12H2,1-3H3/t13-,15+,16+,17+,19+,20+,21+,22+/m1/s1. The van der Waals surface area contributed by atoms with E-state index in [1.165, 1.54) is 5.57 Å². The number of allylic oxidation sites excluding steroid dienone is 2. The largest absolute Gasteiger partial charge is 0.391 e. The monoisotopic (exact) mass is 396 g/mol. The second-order valence-corrected chi connectivity index (χ2v) is 10.7. The summed E-state index contributed by atoms with van der Waals surface area (Å²) in [6, 6.07) is 0. The van der Waals surface area contributed by atoms with Gasteiger partial charge in [0.2, 0.25) is 0 Å². The van der Waals surface area contributed by atoms with Crippen molar-refractivity contribution in [2.24, 2.45) is 28.6 Å². The molecule has 27 heavy (non-hydrogen) atoms. The van der Waals surface area contributed by atoms with Crippen LogP contribution in [0.2, 0.25) is 0 Å². The van der Waals surface area contributed by atoms with Crippen molar-refractivity contribution in [2.75, 3.05) is 6.61 Å². The second-order valence-electron chi connectivity index (χ2n) is 10.1. The third-order valence-electron chi connectivity index (χ3n) is 9.26. The summed E-state index contributed by atoms with van der Waals surface area (Å²) < 4.78 is 0. The van der Waals surface area contributed by atoms with Crippen LogP contribution in [0.5, 0.6) is 0 Å². The van der Waals surface area contributed by atoms with Crippen LogP contribution in [0.25, 0.3) is 0 Å². The summed E-state index contributed by atoms with van der Waals surface area (Å²) in [5.41, 5.74) is -1.22. The van der Waals surface area contributed by atoms with Crippen molar-refractivity contribution in [3.8, 4) is 0 Å². The number of fused-ring (bicyclic) bond motifs is 5. The molecule has 0 aromatic carbocycles. The second kappa shape index (κ2) is 6.04. The lowest BCUT2D eigenvalue weighted by Gasteiger charge is -2.65. The Kier molecular flexibility index (Phi) is 4.45. The lowest BCUT2D eigenvalue weighted by atomic mass is 9.45. The van der Waals surface area contributed by atoms with E-state index in [2.05, 4.69) is 13.0 Å². The quantitative estimate of drug-likeness (QED) is 0.494. The molecule has 0 aromatic heterocycles. The Morgan fingerprint density at radius 2 is 2.04 bits per heavy atom. The average molecular weight is 397 g/mol. The van der Waals surface area contributed by atoms with Crippen LogP contribution in [0, 0.1) is 28.6 Å². The molecule has 8 atom stereocenters. The number of hydrogen-bond donors (Lipinski definition) is 3. The van der Waals surface area contributed by atoms with Crippen molar-refractivity contribution in [1.82, 2.24) is 0 Å². The number of alkyl halides is 1. The lowest BCUT2D eigenvalue weighted by molar-refractivity contribution is -0.181. The van der Waals surface area contributed by atoms with Gasteiger partial charge in [0.1, 0.15) is 12.2 Å². The van der Waals surface area contributed by atoms with Crippen molar-refractivity contribution < 1.29 is 20.1 Å². The van der Waals surface area contributed by atoms with E-state index in [9.17, 15) is 20.1 Å². The molecule has 0 radical (unpaired) electrons. The molecule has 4 aliphatic carbocycles. The molecular weight excluding hydrogens is 364 g/mol. The van der Waals surface area contributed by atoms with E-state index in [4.69, 9.17) is 11.6 Å². The van der Waals surface area contributed by atoms with Crippen LogP contribution in [0.15, 0.2) is 11.6 Å². The zero-order chi connectivity index (χ0) is 19.8. The van der Waals surface area contributed by atoms with Crippen LogP contribution in [-0.2, 0) is 4.79 Å². The molecule has 152 valence electrons. The van der Waals surface area contributed by atoms with Crippen LogP contribution >= 0.6 is 11.6 Å². The fraction of sp³-hybridized carbons (Fsp3) is 0.864. The van der Waals surface area contributed by atoms with Crippen LogP contribution in [0.4, 0.5) is 0 Å². The topological polar surface area (TPSA) is 77.8 Å². The highest BCUT2D eigenvalue weighted by atomic mass is 35.5. The molecular formula is C22H33ClO4. The van der Waals surface area contributed by atoms with Crippen LogP contribution in [0.1, 0.15) is 65.7 Å². The maximum absolute atomic E-state index is 12.6. The van der Waals surface area contributed by atoms with Crippen molar-refractivity contribution in [3.63, 3.8) is 0 Å². The minimum atomic E-state index is -1.60. The Hall–Kier alpha value is -0.420. The molecule has 0 aliphatic heterocycles. The van der Waals surface area contributed by atoms with Gasteiger partial charge in [0.15, 0.2) is 5.78 Å². The zero-order valence-electron chi connectivity index (χ0n) is 16.7. The summed E-state index contributed by atoms with van der Waals surface area (Å²) in [5.74, 6) is -0.658. The van der Waals surface area contributed by atoms with Crippen molar-refractivity contribution in [2.45, 2.75) is 82.3 Å². The maximum Gasteiger partial charge on any atom is 0.190 e. The molecule has 0 amide bonds. The summed E-state index contributed by atoms with van der Waals surface area (Å²) in [7, 11) is 0. The Morgan fingerprint density at radius 3 is 2.70 bits per heavy atom. The minimum absolute atomic E-state index is 0.0520. The first-order valence-corrected chi connectivity index (χ1v) is 10.9. The zero-order valence-corrected chi connectivity index (χ0v) is 17.4. The molecule has 0 bridgehead atoms. The normalized spacial score (nSPS) is 54.6. The predicted octanol–water partition coefficient (Wildman–Crippen LogP) is 3.21. The molecule has 5 heteroatoms. The highest BCUT2D eigenvalue weighted by Gasteiger charge is 2.74. The fourth-order valence-electron chi connectivity index (χ4n) is 7.81. The Bertz CT molecular complexity index is 692. The molecule has 4 aliphatic rings. The number of carbonyl (C=O) groups is 1. The summed E-state index contributed by atoms with van der Waals surface area (Å²) in [6.07, 6.45) is 7.56. The van der Waals surface area contributed by atoms with Gasteiger partial charge in [0.05, 0.1) is 11.0 Å². The van der Waals surface area contributed by atoms with Gasteiger partial charge in [-0.2, -0.15) is 0 Å². The molecule has 4 nitrogen and oxygen atoms in total. The number of rotatable bonds is 2. The van der Waals surface area contributed by atoms with E-state index in [1.807, 2.05) is 13.8 Å². The maximum atomic E-state index is 12.6. The first kappa shape index (κ1) is 19.9. The predicted molar refractivity (Wildman–Crippen MR) is 104 cm³/mol. The van der Waals surface area contributed by atoms with Crippen molar-refractivity contribution in [1.29, 1.82) is 0 Å². The van der Waals surface area contributed by atoms with Gasteiger partial charge in [0.25, 0.3) is 0 Å².